The number of rotatable bonds is 5. The molecule has 2 nitrogen and oxygen atoms in total. The van der Waals surface area contributed by atoms with Gasteiger partial charge in [-0.1, -0.05) is 26.8 Å². The molecular formula is C10H21NO. The zero-order valence-corrected chi connectivity index (χ0v) is 8.63. The summed E-state index contributed by atoms with van der Waals surface area (Å²) in [7, 11) is 1.67. The Labute approximate surface area is 75.8 Å². The van der Waals surface area contributed by atoms with Gasteiger partial charge in [-0.25, -0.2) is 0 Å². The van der Waals surface area contributed by atoms with Crippen molar-refractivity contribution in [1.29, 1.82) is 0 Å². The molecule has 0 aliphatic rings. The van der Waals surface area contributed by atoms with Gasteiger partial charge in [0, 0.05) is 13.2 Å². The van der Waals surface area contributed by atoms with Crippen LogP contribution in [0.4, 0.5) is 0 Å². The van der Waals surface area contributed by atoms with Crippen molar-refractivity contribution in [2.75, 3.05) is 13.7 Å². The Bertz CT molecular complexity index is 143. The van der Waals surface area contributed by atoms with Crippen molar-refractivity contribution in [1.82, 2.24) is 0 Å². The van der Waals surface area contributed by atoms with Crippen LogP contribution in [0.5, 0.6) is 0 Å². The van der Waals surface area contributed by atoms with Crippen molar-refractivity contribution in [3.8, 4) is 0 Å². The van der Waals surface area contributed by atoms with Crippen LogP contribution in [0, 0.1) is 11.3 Å². The van der Waals surface area contributed by atoms with Gasteiger partial charge in [0.15, 0.2) is 0 Å². The minimum Gasteiger partial charge on any atom is -0.383 e. The highest BCUT2D eigenvalue weighted by molar-refractivity contribution is 4.94. The van der Waals surface area contributed by atoms with E-state index in [0.717, 1.165) is 0 Å². The molecule has 0 saturated carbocycles. The van der Waals surface area contributed by atoms with Crippen molar-refractivity contribution in [3.05, 3.63) is 12.7 Å². The standard InChI is InChI=1S/C10H21NO/c1-6-10(3,4)8(2)9(11)7-12-5/h6,8-9H,1,7,11H2,2-5H3/t8-,9?/m0/s1. The molecule has 1 unspecified atom stereocenters. The van der Waals surface area contributed by atoms with Gasteiger partial charge in [-0.05, 0) is 11.3 Å². The van der Waals surface area contributed by atoms with Gasteiger partial charge in [0.1, 0.15) is 0 Å². The van der Waals surface area contributed by atoms with Crippen LogP contribution >= 0.6 is 0 Å². The van der Waals surface area contributed by atoms with E-state index in [1.807, 2.05) is 6.08 Å². The zero-order chi connectivity index (χ0) is 9.78. The van der Waals surface area contributed by atoms with Crippen LogP contribution in [0.25, 0.3) is 0 Å². The number of hydrogen-bond donors (Lipinski definition) is 1. The SMILES string of the molecule is C=CC(C)(C)[C@@H](C)C(N)COC. The minimum atomic E-state index is 0.0813. The van der Waals surface area contributed by atoms with Crippen LogP contribution in [-0.2, 0) is 4.74 Å². The molecule has 2 N–H and O–H groups in total. The average Bonchev–Trinajstić information content (AvgIpc) is 2.03. The maximum Gasteiger partial charge on any atom is 0.0616 e. The smallest absolute Gasteiger partial charge is 0.0616 e. The maximum absolute atomic E-state index is 5.92. The van der Waals surface area contributed by atoms with Gasteiger partial charge in [0.2, 0.25) is 0 Å². The summed E-state index contributed by atoms with van der Waals surface area (Å²) in [6, 6.07) is 0.0861. The Balaban J connectivity index is 4.16. The molecule has 72 valence electrons. The summed E-state index contributed by atoms with van der Waals surface area (Å²) < 4.78 is 5.01. The Morgan fingerprint density at radius 1 is 1.58 bits per heavy atom. The first-order valence-electron chi connectivity index (χ1n) is 4.33. The second-order valence-corrected chi connectivity index (χ2v) is 3.93. The number of ether oxygens (including phenoxy) is 1. The number of hydrogen-bond acceptors (Lipinski definition) is 2. The molecule has 0 aromatic rings. The van der Waals surface area contributed by atoms with Gasteiger partial charge in [0.05, 0.1) is 6.61 Å². The van der Waals surface area contributed by atoms with Crippen LogP contribution in [0.1, 0.15) is 20.8 Å². The zero-order valence-electron chi connectivity index (χ0n) is 8.63. The molecule has 0 spiro atoms. The quantitative estimate of drug-likeness (QED) is 0.640. The highest BCUT2D eigenvalue weighted by atomic mass is 16.5. The Morgan fingerprint density at radius 3 is 2.42 bits per heavy atom. The van der Waals surface area contributed by atoms with E-state index >= 15 is 0 Å². The van der Waals surface area contributed by atoms with Gasteiger partial charge < -0.3 is 10.5 Å². The average molecular weight is 171 g/mol. The van der Waals surface area contributed by atoms with Crippen molar-refractivity contribution in [3.63, 3.8) is 0 Å². The van der Waals surface area contributed by atoms with Crippen molar-refractivity contribution >= 4 is 0 Å². The molecule has 0 rings (SSSR count). The molecule has 12 heavy (non-hydrogen) atoms. The van der Waals surface area contributed by atoms with Crippen molar-refractivity contribution in [2.24, 2.45) is 17.1 Å². The molecule has 0 saturated heterocycles. The summed E-state index contributed by atoms with van der Waals surface area (Å²) in [5, 5.41) is 0. The molecule has 0 amide bonds. The molecule has 0 fully saturated rings. The molecule has 0 bridgehead atoms. The molecule has 0 aliphatic heterocycles. The minimum absolute atomic E-state index is 0.0813. The topological polar surface area (TPSA) is 35.2 Å². The number of nitrogens with two attached hydrogens (primary N) is 1. The highest BCUT2D eigenvalue weighted by Gasteiger charge is 2.27. The van der Waals surface area contributed by atoms with Gasteiger partial charge in [-0.3, -0.25) is 0 Å². The molecule has 0 heterocycles. The fraction of sp³-hybridized carbons (Fsp3) is 0.800. The third-order valence-corrected chi connectivity index (χ3v) is 2.70. The van der Waals surface area contributed by atoms with E-state index in [9.17, 15) is 0 Å². The van der Waals surface area contributed by atoms with Crippen molar-refractivity contribution < 1.29 is 4.74 Å². The summed E-state index contributed by atoms with van der Waals surface area (Å²) in [4.78, 5) is 0. The first kappa shape index (κ1) is 11.7. The van der Waals surface area contributed by atoms with Crippen LogP contribution in [0.2, 0.25) is 0 Å². The predicted octanol–water partition coefficient (Wildman–Crippen LogP) is 1.81. The molecule has 0 aliphatic carbocycles. The fourth-order valence-corrected chi connectivity index (χ4v) is 1.07. The fourth-order valence-electron chi connectivity index (χ4n) is 1.07. The second kappa shape index (κ2) is 4.63. The van der Waals surface area contributed by atoms with E-state index in [1.165, 1.54) is 0 Å². The van der Waals surface area contributed by atoms with E-state index in [-0.39, 0.29) is 11.5 Å². The van der Waals surface area contributed by atoms with Crippen LogP contribution in [0.15, 0.2) is 12.7 Å². The lowest BCUT2D eigenvalue weighted by Crippen LogP contribution is -2.40. The van der Waals surface area contributed by atoms with E-state index < -0.39 is 0 Å². The summed E-state index contributed by atoms with van der Waals surface area (Å²) in [5.74, 6) is 0.384. The summed E-state index contributed by atoms with van der Waals surface area (Å²) in [6.07, 6.45) is 1.95. The molecule has 2 atom stereocenters. The van der Waals surface area contributed by atoms with E-state index in [2.05, 4.69) is 27.4 Å². The monoisotopic (exact) mass is 171 g/mol. The summed E-state index contributed by atoms with van der Waals surface area (Å²) in [6.45, 7) is 10.8. The number of methoxy groups -OCH3 is 1. The van der Waals surface area contributed by atoms with Gasteiger partial charge in [-0.2, -0.15) is 0 Å². The van der Waals surface area contributed by atoms with Crippen LogP contribution in [-0.4, -0.2) is 19.8 Å². The number of allylic oxidation sites excluding steroid dienone is 1. The Hall–Kier alpha value is -0.340. The normalized spacial score (nSPS) is 17.1. The van der Waals surface area contributed by atoms with Gasteiger partial charge in [0.25, 0.3) is 0 Å². The lowest BCUT2D eigenvalue weighted by molar-refractivity contribution is 0.132. The highest BCUT2D eigenvalue weighted by Crippen LogP contribution is 2.29. The van der Waals surface area contributed by atoms with Gasteiger partial charge >= 0.3 is 0 Å². The largest absolute Gasteiger partial charge is 0.383 e. The van der Waals surface area contributed by atoms with Crippen LogP contribution < -0.4 is 5.73 Å². The second-order valence-electron chi connectivity index (χ2n) is 3.93. The third kappa shape index (κ3) is 2.95. The molecule has 0 aromatic carbocycles. The molecular weight excluding hydrogens is 150 g/mol. The molecule has 0 radical (unpaired) electrons. The van der Waals surface area contributed by atoms with E-state index in [0.29, 0.717) is 12.5 Å². The summed E-state index contributed by atoms with van der Waals surface area (Å²) in [5.41, 5.74) is 6.00. The van der Waals surface area contributed by atoms with E-state index in [1.54, 1.807) is 7.11 Å². The predicted molar refractivity (Wildman–Crippen MR) is 53.0 cm³/mol. The maximum atomic E-state index is 5.92. The molecule has 0 aromatic heterocycles. The van der Waals surface area contributed by atoms with Crippen molar-refractivity contribution in [2.45, 2.75) is 26.8 Å². The Kier molecular flexibility index (Phi) is 4.50. The first-order valence-corrected chi connectivity index (χ1v) is 4.33. The van der Waals surface area contributed by atoms with Gasteiger partial charge in [-0.15, -0.1) is 6.58 Å². The first-order chi connectivity index (χ1) is 5.45. The Morgan fingerprint density at radius 2 is 2.08 bits per heavy atom. The lowest BCUT2D eigenvalue weighted by atomic mass is 9.76. The van der Waals surface area contributed by atoms with Crippen LogP contribution in [0.3, 0.4) is 0 Å². The summed E-state index contributed by atoms with van der Waals surface area (Å²) >= 11 is 0. The molecule has 2 heteroatoms. The van der Waals surface area contributed by atoms with E-state index in [4.69, 9.17) is 10.5 Å². The lowest BCUT2D eigenvalue weighted by Gasteiger charge is -2.32. The third-order valence-electron chi connectivity index (χ3n) is 2.70.